The van der Waals surface area contributed by atoms with E-state index in [2.05, 4.69) is 4.98 Å². The number of ether oxygens (including phenoxy) is 2. The van der Waals surface area contributed by atoms with E-state index < -0.39 is 16.9 Å². The van der Waals surface area contributed by atoms with Gasteiger partial charge in [-0.3, -0.25) is 14.3 Å². The number of benzene rings is 2. The molecule has 7 heteroatoms. The summed E-state index contributed by atoms with van der Waals surface area (Å²) < 4.78 is 12.2. The topological polar surface area (TPSA) is 93.5 Å². The standard InChI is InChI=1S/C23H26N2O5/c1-4-23(28,18-10-12-19(29-3)13-11-18)20-16(2)21(26)24-22(27)25(20)15-30-14-17-8-6-5-7-9-17/h5-13,28H,4,14-15H2,1-3H3,(H,24,26,27). The molecule has 1 unspecified atom stereocenters. The number of methoxy groups -OCH3 is 1. The highest BCUT2D eigenvalue weighted by atomic mass is 16.5. The van der Waals surface area contributed by atoms with Gasteiger partial charge in [0.05, 0.1) is 19.4 Å². The van der Waals surface area contributed by atoms with Gasteiger partial charge in [0.25, 0.3) is 5.56 Å². The lowest BCUT2D eigenvalue weighted by Gasteiger charge is -2.31. The molecule has 0 fully saturated rings. The molecule has 158 valence electrons. The third-order valence-corrected chi connectivity index (χ3v) is 5.23. The average Bonchev–Trinajstić information content (AvgIpc) is 2.77. The summed E-state index contributed by atoms with van der Waals surface area (Å²) in [5.41, 5.74) is -0.733. The molecule has 7 nitrogen and oxygen atoms in total. The summed E-state index contributed by atoms with van der Waals surface area (Å²) in [5.74, 6) is 0.642. The average molecular weight is 410 g/mol. The zero-order chi connectivity index (χ0) is 21.7. The zero-order valence-corrected chi connectivity index (χ0v) is 17.3. The van der Waals surface area contributed by atoms with Crippen LogP contribution in [0.3, 0.4) is 0 Å². The Kier molecular flexibility index (Phi) is 6.54. The molecule has 30 heavy (non-hydrogen) atoms. The van der Waals surface area contributed by atoms with Crippen LogP contribution in [-0.4, -0.2) is 21.8 Å². The van der Waals surface area contributed by atoms with E-state index in [-0.39, 0.29) is 31.0 Å². The van der Waals surface area contributed by atoms with Gasteiger partial charge in [-0.25, -0.2) is 4.79 Å². The maximum absolute atomic E-state index is 12.6. The van der Waals surface area contributed by atoms with Crippen molar-refractivity contribution in [2.75, 3.05) is 7.11 Å². The molecule has 0 aliphatic rings. The minimum absolute atomic E-state index is 0.112. The van der Waals surface area contributed by atoms with Crippen molar-refractivity contribution in [1.82, 2.24) is 9.55 Å². The summed E-state index contributed by atoms with van der Waals surface area (Å²) in [4.78, 5) is 27.3. The summed E-state index contributed by atoms with van der Waals surface area (Å²) in [6, 6.07) is 16.5. The lowest BCUT2D eigenvalue weighted by Crippen LogP contribution is -2.42. The molecule has 3 aromatic rings. The molecule has 3 rings (SSSR count). The van der Waals surface area contributed by atoms with Gasteiger partial charge in [0.1, 0.15) is 18.1 Å². The van der Waals surface area contributed by atoms with Crippen LogP contribution in [0.15, 0.2) is 64.2 Å². The van der Waals surface area contributed by atoms with Crippen LogP contribution in [0.4, 0.5) is 0 Å². The highest BCUT2D eigenvalue weighted by molar-refractivity contribution is 5.38. The predicted molar refractivity (Wildman–Crippen MR) is 114 cm³/mol. The predicted octanol–water partition coefficient (Wildman–Crippen LogP) is 2.67. The maximum atomic E-state index is 12.6. The third-order valence-electron chi connectivity index (χ3n) is 5.23. The monoisotopic (exact) mass is 410 g/mol. The van der Waals surface area contributed by atoms with Crippen molar-refractivity contribution < 1.29 is 14.6 Å². The Morgan fingerprint density at radius 1 is 1.07 bits per heavy atom. The van der Waals surface area contributed by atoms with Crippen molar-refractivity contribution in [3.05, 3.63) is 97.8 Å². The van der Waals surface area contributed by atoms with Crippen molar-refractivity contribution in [3.8, 4) is 5.75 Å². The molecule has 0 saturated carbocycles. The fourth-order valence-electron chi connectivity index (χ4n) is 3.53. The number of nitrogens with one attached hydrogen (secondary N) is 1. The van der Waals surface area contributed by atoms with E-state index in [0.29, 0.717) is 11.3 Å². The van der Waals surface area contributed by atoms with Crippen LogP contribution in [0.5, 0.6) is 5.75 Å². The van der Waals surface area contributed by atoms with Gasteiger partial charge in [-0.05, 0) is 36.6 Å². The van der Waals surface area contributed by atoms with E-state index in [1.165, 1.54) is 4.57 Å². The van der Waals surface area contributed by atoms with Gasteiger partial charge in [0.2, 0.25) is 0 Å². The molecule has 1 heterocycles. The summed E-state index contributed by atoms with van der Waals surface area (Å²) in [6.45, 7) is 3.56. The fourth-order valence-corrected chi connectivity index (χ4v) is 3.53. The SMILES string of the molecule is CCC(O)(c1ccc(OC)cc1)c1c(C)c(=O)[nH]c(=O)n1COCc1ccccc1. The summed E-state index contributed by atoms with van der Waals surface area (Å²) in [5, 5.41) is 11.6. The first-order valence-corrected chi connectivity index (χ1v) is 9.73. The van der Waals surface area contributed by atoms with Crippen molar-refractivity contribution in [3.63, 3.8) is 0 Å². The maximum Gasteiger partial charge on any atom is 0.330 e. The molecule has 0 radical (unpaired) electrons. The largest absolute Gasteiger partial charge is 0.497 e. The van der Waals surface area contributed by atoms with Gasteiger partial charge in [0.15, 0.2) is 0 Å². The molecular weight excluding hydrogens is 384 g/mol. The molecule has 2 aromatic carbocycles. The van der Waals surface area contributed by atoms with Gasteiger partial charge in [-0.15, -0.1) is 0 Å². The Morgan fingerprint density at radius 2 is 1.73 bits per heavy atom. The second-order valence-electron chi connectivity index (χ2n) is 7.07. The van der Waals surface area contributed by atoms with Gasteiger partial charge >= 0.3 is 5.69 Å². The first-order valence-electron chi connectivity index (χ1n) is 9.73. The highest BCUT2D eigenvalue weighted by Gasteiger charge is 2.35. The summed E-state index contributed by atoms with van der Waals surface area (Å²) in [6.07, 6.45) is 0.252. The lowest BCUT2D eigenvalue weighted by molar-refractivity contribution is 0.0297. The van der Waals surface area contributed by atoms with Gasteiger partial charge in [-0.1, -0.05) is 49.4 Å². The van der Waals surface area contributed by atoms with E-state index in [1.807, 2.05) is 30.3 Å². The molecule has 0 spiro atoms. The first kappa shape index (κ1) is 21.5. The number of rotatable bonds is 8. The van der Waals surface area contributed by atoms with Crippen molar-refractivity contribution >= 4 is 0 Å². The van der Waals surface area contributed by atoms with Crippen LogP contribution in [0, 0.1) is 6.92 Å². The minimum atomic E-state index is -1.56. The fraction of sp³-hybridized carbons (Fsp3) is 0.304. The highest BCUT2D eigenvalue weighted by Crippen LogP contribution is 2.34. The normalized spacial score (nSPS) is 13.1. The molecule has 0 aliphatic heterocycles. The van der Waals surface area contributed by atoms with Crippen molar-refractivity contribution in [1.29, 1.82) is 0 Å². The molecule has 0 aliphatic carbocycles. The van der Waals surface area contributed by atoms with Gasteiger partial charge in [-0.2, -0.15) is 0 Å². The van der Waals surface area contributed by atoms with E-state index in [1.54, 1.807) is 45.2 Å². The lowest BCUT2D eigenvalue weighted by atomic mass is 9.85. The van der Waals surface area contributed by atoms with Crippen LogP contribution in [0.1, 0.15) is 35.7 Å². The Morgan fingerprint density at radius 3 is 2.33 bits per heavy atom. The number of hydrogen-bond acceptors (Lipinski definition) is 5. The minimum Gasteiger partial charge on any atom is -0.497 e. The van der Waals surface area contributed by atoms with Gasteiger partial charge in [0, 0.05) is 5.56 Å². The third kappa shape index (κ3) is 4.22. The summed E-state index contributed by atoms with van der Waals surface area (Å²) >= 11 is 0. The second-order valence-corrected chi connectivity index (χ2v) is 7.07. The van der Waals surface area contributed by atoms with E-state index in [9.17, 15) is 14.7 Å². The molecule has 1 aromatic heterocycles. The molecular formula is C23H26N2O5. The number of aliphatic hydroxyl groups is 1. The molecule has 1 atom stereocenters. The first-order chi connectivity index (χ1) is 14.4. The number of aromatic amines is 1. The van der Waals surface area contributed by atoms with E-state index in [0.717, 1.165) is 5.56 Å². The number of nitrogens with zero attached hydrogens (tertiary/aromatic N) is 1. The van der Waals surface area contributed by atoms with Crippen LogP contribution < -0.4 is 16.0 Å². The Labute approximate surface area is 174 Å². The molecule has 2 N–H and O–H groups in total. The van der Waals surface area contributed by atoms with E-state index >= 15 is 0 Å². The van der Waals surface area contributed by atoms with Gasteiger partial charge < -0.3 is 14.6 Å². The van der Waals surface area contributed by atoms with Crippen molar-refractivity contribution in [2.45, 2.75) is 39.2 Å². The van der Waals surface area contributed by atoms with Crippen LogP contribution in [0.25, 0.3) is 0 Å². The molecule has 0 bridgehead atoms. The Balaban J connectivity index is 2.04. The zero-order valence-electron chi connectivity index (χ0n) is 17.3. The van der Waals surface area contributed by atoms with Crippen molar-refractivity contribution in [2.24, 2.45) is 0 Å². The Hall–Kier alpha value is -3.16. The van der Waals surface area contributed by atoms with Crippen LogP contribution >= 0.6 is 0 Å². The number of aromatic nitrogens is 2. The van der Waals surface area contributed by atoms with Crippen LogP contribution in [0.2, 0.25) is 0 Å². The smallest absolute Gasteiger partial charge is 0.330 e. The van der Waals surface area contributed by atoms with E-state index in [4.69, 9.17) is 9.47 Å². The second kappa shape index (κ2) is 9.11. The Bertz CT molecular complexity index is 1100. The summed E-state index contributed by atoms with van der Waals surface area (Å²) in [7, 11) is 1.56. The van der Waals surface area contributed by atoms with Crippen LogP contribution in [-0.2, 0) is 23.7 Å². The number of H-pyrrole nitrogens is 1. The number of hydrogen-bond donors (Lipinski definition) is 2. The quantitative estimate of drug-likeness (QED) is 0.596. The molecule has 0 amide bonds. The molecule has 0 saturated heterocycles.